The molecule has 5 aliphatic carbocycles. The fraction of sp³-hybridized carbons (Fsp3) is 0.844. The van der Waals surface area contributed by atoms with E-state index in [0.29, 0.717) is 28.1 Å². The highest BCUT2D eigenvalue weighted by atomic mass is 16.5. The molecule has 4 saturated carbocycles. The number of ether oxygens (including phenoxy) is 1. The van der Waals surface area contributed by atoms with Crippen LogP contribution in [0.1, 0.15) is 120 Å². The molecule has 0 radical (unpaired) electrons. The van der Waals surface area contributed by atoms with E-state index in [4.69, 9.17) is 11.3 Å². The Kier molecular flexibility index (Phi) is 5.42. The average Bonchev–Trinajstić information content (AvgIpc) is 2.74. The maximum absolute atomic E-state index is 11.9. The maximum Gasteiger partial charge on any atom is 0.302 e. The van der Waals surface area contributed by atoms with Gasteiger partial charge in [0.05, 0.1) is 0 Å². The predicted octanol–water partition coefficient (Wildman–Crippen LogP) is 8.66. The van der Waals surface area contributed by atoms with Crippen LogP contribution >= 0.6 is 0 Å². The molecule has 5 aliphatic rings. The van der Waals surface area contributed by atoms with Gasteiger partial charge in [0.25, 0.3) is 0 Å². The van der Waals surface area contributed by atoms with Gasteiger partial charge in [-0.3, -0.25) is 4.79 Å². The van der Waals surface area contributed by atoms with Gasteiger partial charge in [-0.2, -0.15) is 0 Å². The Hall–Kier alpha value is -1.05. The van der Waals surface area contributed by atoms with Crippen molar-refractivity contribution in [3.8, 4) is 0 Å². The van der Waals surface area contributed by atoms with Crippen LogP contribution in [0.4, 0.5) is 0 Å². The van der Waals surface area contributed by atoms with E-state index in [9.17, 15) is 4.79 Å². The zero-order chi connectivity index (χ0) is 24.9. The predicted molar refractivity (Wildman–Crippen MR) is 140 cm³/mol. The van der Waals surface area contributed by atoms with Crippen molar-refractivity contribution in [1.82, 2.24) is 0 Å². The fourth-order valence-corrected chi connectivity index (χ4v) is 10.8. The van der Waals surface area contributed by atoms with Crippen LogP contribution in [0.15, 0.2) is 23.3 Å². The van der Waals surface area contributed by atoms with E-state index in [2.05, 4.69) is 48.5 Å². The first-order valence-electron chi connectivity index (χ1n) is 14.3. The number of allylic oxidation sites excluding steroid dienone is 3. The van der Waals surface area contributed by atoms with Crippen molar-refractivity contribution < 1.29 is 9.53 Å². The number of esters is 1. The Morgan fingerprint density at radius 1 is 0.882 bits per heavy atom. The summed E-state index contributed by atoms with van der Waals surface area (Å²) in [5.74, 6) is 1.88. The van der Waals surface area contributed by atoms with Crippen molar-refractivity contribution in [3.05, 3.63) is 23.3 Å². The number of fused-ring (bicyclic) bond motifs is 6. The third kappa shape index (κ3) is 3.02. The van der Waals surface area contributed by atoms with Crippen molar-refractivity contribution >= 4 is 5.97 Å². The molecule has 0 N–H and O–H groups in total. The van der Waals surface area contributed by atoms with Crippen LogP contribution in [0.5, 0.6) is 0 Å². The Labute approximate surface area is 209 Å². The SMILES string of the molecule is C=C1C2=C3CCC4C5(C)CCC(OC(C)=O)C(C)(C)C5CCC4(C)C3(C)CCC2(C)CCC1C. The van der Waals surface area contributed by atoms with Gasteiger partial charge in [0.2, 0.25) is 0 Å². The molecular formula is C32H50O2. The second kappa shape index (κ2) is 7.48. The molecule has 0 amide bonds. The van der Waals surface area contributed by atoms with Crippen molar-refractivity contribution in [2.45, 2.75) is 126 Å². The second-order valence-corrected chi connectivity index (χ2v) is 14.8. The summed E-state index contributed by atoms with van der Waals surface area (Å²) in [4.78, 5) is 11.9. The van der Waals surface area contributed by atoms with Gasteiger partial charge in [0, 0.05) is 12.3 Å². The molecule has 34 heavy (non-hydrogen) atoms. The lowest BCUT2D eigenvalue weighted by Crippen LogP contribution is -2.64. The quantitative estimate of drug-likeness (QED) is 0.361. The van der Waals surface area contributed by atoms with Crippen molar-refractivity contribution in [2.75, 3.05) is 0 Å². The highest BCUT2D eigenvalue weighted by molar-refractivity contribution is 5.66. The summed E-state index contributed by atoms with van der Waals surface area (Å²) in [6.45, 7) is 24.0. The zero-order valence-electron chi connectivity index (χ0n) is 23.4. The van der Waals surface area contributed by atoms with Crippen LogP contribution in [0, 0.1) is 44.8 Å². The molecule has 0 aliphatic heterocycles. The molecular weight excluding hydrogens is 416 g/mol. The van der Waals surface area contributed by atoms with Crippen molar-refractivity contribution in [1.29, 1.82) is 0 Å². The van der Waals surface area contributed by atoms with E-state index in [-0.39, 0.29) is 22.9 Å². The monoisotopic (exact) mass is 466 g/mol. The third-order valence-electron chi connectivity index (χ3n) is 13.0. The van der Waals surface area contributed by atoms with Gasteiger partial charge in [0.1, 0.15) is 6.10 Å². The normalized spacial score (nSPS) is 49.9. The molecule has 0 heterocycles. The van der Waals surface area contributed by atoms with Gasteiger partial charge in [-0.05, 0) is 115 Å². The van der Waals surface area contributed by atoms with Crippen LogP contribution in [0.3, 0.4) is 0 Å². The summed E-state index contributed by atoms with van der Waals surface area (Å²) in [6.07, 6.45) is 12.8. The smallest absolute Gasteiger partial charge is 0.302 e. The standard InChI is InChI=1S/C32H50O2/c1-20-12-15-29(6)18-19-31(8)23(27(29)21(20)2)10-11-25-30(7)16-14-26(34-22(3)33)28(4,5)24(30)13-17-32(25,31)9/h20,24-26H,2,10-19H2,1,3-9H3. The number of carbonyl (C=O) groups is 1. The maximum atomic E-state index is 11.9. The molecule has 2 nitrogen and oxygen atoms in total. The number of hydrogen-bond donors (Lipinski definition) is 0. The van der Waals surface area contributed by atoms with Crippen LogP contribution in [-0.2, 0) is 9.53 Å². The molecule has 0 bridgehead atoms. The molecule has 8 unspecified atom stereocenters. The highest BCUT2D eigenvalue weighted by Gasteiger charge is 2.67. The lowest BCUT2D eigenvalue weighted by atomic mass is 9.34. The molecule has 190 valence electrons. The molecule has 0 aromatic carbocycles. The first-order chi connectivity index (χ1) is 15.7. The van der Waals surface area contributed by atoms with E-state index in [1.807, 2.05) is 5.57 Å². The van der Waals surface area contributed by atoms with Gasteiger partial charge in [-0.1, -0.05) is 60.6 Å². The van der Waals surface area contributed by atoms with Crippen LogP contribution in [-0.4, -0.2) is 12.1 Å². The summed E-state index contributed by atoms with van der Waals surface area (Å²) in [7, 11) is 0. The number of carbonyl (C=O) groups excluding carboxylic acids is 1. The minimum atomic E-state index is -0.115. The van der Waals surface area contributed by atoms with E-state index in [0.717, 1.165) is 12.3 Å². The molecule has 8 atom stereocenters. The molecule has 5 rings (SSSR count). The topological polar surface area (TPSA) is 26.3 Å². The largest absolute Gasteiger partial charge is 0.462 e. The zero-order valence-corrected chi connectivity index (χ0v) is 23.4. The molecule has 2 heteroatoms. The fourth-order valence-electron chi connectivity index (χ4n) is 10.8. The van der Waals surface area contributed by atoms with Crippen LogP contribution in [0.2, 0.25) is 0 Å². The van der Waals surface area contributed by atoms with Crippen LogP contribution < -0.4 is 0 Å². The summed E-state index contributed by atoms with van der Waals surface area (Å²) in [5, 5.41) is 0. The highest BCUT2D eigenvalue weighted by Crippen LogP contribution is 2.75. The van der Waals surface area contributed by atoms with E-state index < -0.39 is 0 Å². The summed E-state index contributed by atoms with van der Waals surface area (Å²) in [5.41, 5.74) is 6.34. The minimum Gasteiger partial charge on any atom is -0.462 e. The van der Waals surface area contributed by atoms with E-state index in [1.165, 1.54) is 63.4 Å². The van der Waals surface area contributed by atoms with Crippen molar-refractivity contribution in [3.63, 3.8) is 0 Å². The molecule has 0 spiro atoms. The van der Waals surface area contributed by atoms with Gasteiger partial charge >= 0.3 is 5.97 Å². The summed E-state index contributed by atoms with van der Waals surface area (Å²) < 4.78 is 5.90. The first-order valence-corrected chi connectivity index (χ1v) is 14.3. The Balaban J connectivity index is 1.56. The average molecular weight is 467 g/mol. The Bertz CT molecular complexity index is 941. The van der Waals surface area contributed by atoms with Gasteiger partial charge in [-0.15, -0.1) is 0 Å². The van der Waals surface area contributed by atoms with Crippen LogP contribution in [0.25, 0.3) is 0 Å². The first kappa shape index (κ1) is 24.6. The lowest BCUT2D eigenvalue weighted by Gasteiger charge is -2.71. The van der Waals surface area contributed by atoms with Gasteiger partial charge in [-0.25, -0.2) is 0 Å². The van der Waals surface area contributed by atoms with Gasteiger partial charge < -0.3 is 4.74 Å². The third-order valence-corrected chi connectivity index (χ3v) is 13.0. The Morgan fingerprint density at radius 2 is 1.59 bits per heavy atom. The second-order valence-electron chi connectivity index (χ2n) is 14.8. The van der Waals surface area contributed by atoms with E-state index >= 15 is 0 Å². The minimum absolute atomic E-state index is 0.0396. The number of hydrogen-bond acceptors (Lipinski definition) is 2. The summed E-state index contributed by atoms with van der Waals surface area (Å²) >= 11 is 0. The van der Waals surface area contributed by atoms with E-state index in [1.54, 1.807) is 12.5 Å². The van der Waals surface area contributed by atoms with Crippen molar-refractivity contribution in [2.24, 2.45) is 44.8 Å². The van der Waals surface area contributed by atoms with Gasteiger partial charge in [0.15, 0.2) is 0 Å². The molecule has 4 fully saturated rings. The lowest BCUT2D eigenvalue weighted by molar-refractivity contribution is -0.213. The Morgan fingerprint density at radius 3 is 2.26 bits per heavy atom. The molecule has 0 aromatic rings. The molecule has 0 saturated heterocycles. The summed E-state index contributed by atoms with van der Waals surface area (Å²) in [6, 6.07) is 0. The number of rotatable bonds is 1. The molecule has 0 aromatic heterocycles.